The van der Waals surface area contributed by atoms with Crippen LogP contribution in [0.4, 0.5) is 17.1 Å². The average molecular weight is 257 g/mol. The largest absolute Gasteiger partial charge is 0.454 e. The van der Waals surface area contributed by atoms with Gasteiger partial charge in [-0.3, -0.25) is 10.1 Å². The molecule has 2 aromatic carbocycles. The molecule has 0 saturated heterocycles. The van der Waals surface area contributed by atoms with E-state index in [1.807, 2.05) is 0 Å². The van der Waals surface area contributed by atoms with Gasteiger partial charge in [0.25, 0.3) is 5.69 Å². The smallest absolute Gasteiger partial charge is 0.296 e. The highest BCUT2D eigenvalue weighted by Crippen LogP contribution is 2.41. The van der Waals surface area contributed by atoms with Crippen molar-refractivity contribution in [2.45, 2.75) is 0 Å². The van der Waals surface area contributed by atoms with Crippen LogP contribution in [-0.2, 0) is 0 Å². The molecule has 0 aliphatic carbocycles. The maximum absolute atomic E-state index is 11.1. The Morgan fingerprint density at radius 3 is 2.79 bits per heavy atom. The number of nitro benzene ring substituents is 1. The van der Waals surface area contributed by atoms with Crippen LogP contribution in [0.1, 0.15) is 0 Å². The molecule has 0 atom stereocenters. The number of fused-ring (bicyclic) bond motifs is 1. The number of hydrogen-bond donors (Lipinski definition) is 1. The van der Waals surface area contributed by atoms with Crippen molar-refractivity contribution >= 4 is 17.1 Å². The summed E-state index contributed by atoms with van der Waals surface area (Å²) in [5.41, 5.74) is 1.01. The number of anilines is 2. The molecule has 0 unspecified atom stereocenters. The second-order valence-corrected chi connectivity index (χ2v) is 3.90. The van der Waals surface area contributed by atoms with E-state index in [1.165, 1.54) is 6.07 Å². The zero-order chi connectivity index (χ0) is 13.2. The zero-order valence-corrected chi connectivity index (χ0v) is 9.75. The van der Waals surface area contributed by atoms with Crippen molar-refractivity contribution in [2.24, 2.45) is 0 Å². The first-order valence-electron chi connectivity index (χ1n) is 5.55. The Morgan fingerprint density at radius 2 is 2.11 bits per heavy atom. The Morgan fingerprint density at radius 1 is 1.32 bits per heavy atom. The van der Waals surface area contributed by atoms with Gasteiger partial charge in [-0.1, -0.05) is 12.1 Å². The quantitative estimate of drug-likeness (QED) is 0.676. The zero-order valence-electron chi connectivity index (χ0n) is 9.75. The summed E-state index contributed by atoms with van der Waals surface area (Å²) in [4.78, 5) is 10.6. The molecule has 1 heterocycles. The monoisotopic (exact) mass is 257 g/mol. The number of rotatable bonds is 3. The third kappa shape index (κ3) is 2.15. The highest BCUT2D eigenvalue weighted by atomic mass is 16.7. The van der Waals surface area contributed by atoms with Gasteiger partial charge in [-0.25, -0.2) is 0 Å². The van der Waals surface area contributed by atoms with Crippen LogP contribution in [0.25, 0.3) is 0 Å². The second kappa shape index (κ2) is 4.49. The van der Waals surface area contributed by atoms with Crippen LogP contribution in [0.2, 0.25) is 0 Å². The van der Waals surface area contributed by atoms with E-state index in [0.717, 1.165) is 0 Å². The minimum Gasteiger partial charge on any atom is -0.454 e. The van der Waals surface area contributed by atoms with Crippen molar-refractivity contribution in [3.8, 4) is 11.5 Å². The molecule has 3 rings (SSSR count). The van der Waals surface area contributed by atoms with E-state index in [2.05, 4.69) is 11.4 Å². The van der Waals surface area contributed by atoms with E-state index < -0.39 is 4.92 Å². The summed E-state index contributed by atoms with van der Waals surface area (Å²) in [6.45, 7) is 0.0784. The third-order valence-electron chi connectivity index (χ3n) is 2.67. The van der Waals surface area contributed by atoms with Gasteiger partial charge in [0, 0.05) is 11.8 Å². The summed E-state index contributed by atoms with van der Waals surface area (Å²) < 4.78 is 10.4. The Bertz CT molecular complexity index is 628. The van der Waals surface area contributed by atoms with E-state index in [0.29, 0.717) is 22.9 Å². The van der Waals surface area contributed by atoms with E-state index in [1.54, 1.807) is 30.3 Å². The van der Waals surface area contributed by atoms with E-state index >= 15 is 0 Å². The molecule has 0 fully saturated rings. The molecule has 1 N–H and O–H groups in total. The van der Waals surface area contributed by atoms with Crippen molar-refractivity contribution < 1.29 is 14.4 Å². The van der Waals surface area contributed by atoms with Gasteiger partial charge in [0.2, 0.25) is 6.79 Å². The molecule has 6 nitrogen and oxygen atoms in total. The van der Waals surface area contributed by atoms with Gasteiger partial charge < -0.3 is 14.8 Å². The first-order chi connectivity index (χ1) is 9.24. The van der Waals surface area contributed by atoms with Gasteiger partial charge in [-0.05, 0) is 18.2 Å². The SMILES string of the molecule is O=[N+]([O-])c1cc2c(cc1Nc1c[c]ccc1)OCO2. The van der Waals surface area contributed by atoms with Crippen molar-refractivity contribution in [3.63, 3.8) is 0 Å². The second-order valence-electron chi connectivity index (χ2n) is 3.90. The van der Waals surface area contributed by atoms with Gasteiger partial charge in [0.1, 0.15) is 5.69 Å². The van der Waals surface area contributed by atoms with Crippen LogP contribution in [0, 0.1) is 16.2 Å². The van der Waals surface area contributed by atoms with Crippen molar-refractivity contribution in [2.75, 3.05) is 12.1 Å². The Balaban J connectivity index is 2.02. The van der Waals surface area contributed by atoms with Crippen LogP contribution in [0.15, 0.2) is 36.4 Å². The van der Waals surface area contributed by atoms with Gasteiger partial charge in [-0.15, -0.1) is 0 Å². The van der Waals surface area contributed by atoms with E-state index in [4.69, 9.17) is 9.47 Å². The lowest BCUT2D eigenvalue weighted by atomic mass is 10.2. The lowest BCUT2D eigenvalue weighted by Gasteiger charge is -2.07. The summed E-state index contributed by atoms with van der Waals surface area (Å²) in [6.07, 6.45) is 0. The Labute approximate surface area is 108 Å². The number of nitro groups is 1. The number of hydrogen-bond acceptors (Lipinski definition) is 5. The third-order valence-corrected chi connectivity index (χ3v) is 2.67. The minimum absolute atomic E-state index is 0.0619. The lowest BCUT2D eigenvalue weighted by molar-refractivity contribution is -0.384. The highest BCUT2D eigenvalue weighted by Gasteiger charge is 2.23. The minimum atomic E-state index is -0.461. The molecule has 0 spiro atoms. The molecular weight excluding hydrogens is 248 g/mol. The molecular formula is C13H9N2O4. The van der Waals surface area contributed by atoms with Crippen LogP contribution in [0.3, 0.4) is 0 Å². The van der Waals surface area contributed by atoms with Crippen LogP contribution in [0.5, 0.6) is 11.5 Å². The van der Waals surface area contributed by atoms with Crippen molar-refractivity contribution in [1.29, 1.82) is 0 Å². The number of ether oxygens (including phenoxy) is 2. The molecule has 95 valence electrons. The highest BCUT2D eigenvalue weighted by molar-refractivity contribution is 5.74. The number of nitrogens with zero attached hydrogens (tertiary/aromatic N) is 1. The Kier molecular flexibility index (Phi) is 2.68. The molecule has 6 heteroatoms. The molecule has 0 bridgehead atoms. The topological polar surface area (TPSA) is 73.6 Å². The average Bonchev–Trinajstić information content (AvgIpc) is 2.86. The number of benzene rings is 2. The molecule has 2 aromatic rings. The van der Waals surface area contributed by atoms with Gasteiger partial charge in [-0.2, -0.15) is 0 Å². The molecule has 0 amide bonds. The van der Waals surface area contributed by atoms with Gasteiger partial charge in [0.05, 0.1) is 11.0 Å². The van der Waals surface area contributed by atoms with E-state index in [-0.39, 0.29) is 12.5 Å². The fraction of sp³-hybridized carbons (Fsp3) is 0.0769. The van der Waals surface area contributed by atoms with Crippen LogP contribution in [-0.4, -0.2) is 11.7 Å². The molecule has 1 aliphatic heterocycles. The van der Waals surface area contributed by atoms with Gasteiger partial charge >= 0.3 is 0 Å². The fourth-order valence-corrected chi connectivity index (χ4v) is 1.81. The van der Waals surface area contributed by atoms with Crippen LogP contribution >= 0.6 is 0 Å². The molecule has 0 aromatic heterocycles. The molecule has 1 radical (unpaired) electrons. The predicted octanol–water partition coefficient (Wildman–Crippen LogP) is 2.87. The summed E-state index contributed by atoms with van der Waals surface area (Å²) in [7, 11) is 0. The summed E-state index contributed by atoms with van der Waals surface area (Å²) in [5.74, 6) is 0.880. The van der Waals surface area contributed by atoms with Gasteiger partial charge in [0.15, 0.2) is 11.5 Å². The molecule has 0 saturated carbocycles. The maximum atomic E-state index is 11.1. The summed E-state index contributed by atoms with van der Waals surface area (Å²) in [6, 6.07) is 12.9. The first kappa shape index (κ1) is 11.3. The summed E-state index contributed by atoms with van der Waals surface area (Å²) in [5, 5.41) is 14.0. The predicted molar refractivity (Wildman–Crippen MR) is 67.8 cm³/mol. The standard InChI is InChI=1S/C13H9N2O4/c16-15(17)11-7-13-12(18-8-19-13)6-10(11)14-9-4-2-1-3-5-9/h1-2,4-7,14H,8H2. The van der Waals surface area contributed by atoms with Crippen LogP contribution < -0.4 is 14.8 Å². The van der Waals surface area contributed by atoms with Crippen molar-refractivity contribution in [1.82, 2.24) is 0 Å². The molecule has 19 heavy (non-hydrogen) atoms. The Hall–Kier alpha value is -2.76. The fourth-order valence-electron chi connectivity index (χ4n) is 1.81. The maximum Gasteiger partial charge on any atom is 0.296 e. The van der Waals surface area contributed by atoms with Crippen molar-refractivity contribution in [3.05, 3.63) is 52.6 Å². The summed E-state index contributed by atoms with van der Waals surface area (Å²) >= 11 is 0. The first-order valence-corrected chi connectivity index (χ1v) is 5.55. The van der Waals surface area contributed by atoms with E-state index in [9.17, 15) is 10.1 Å². The molecule has 1 aliphatic rings. The number of nitrogens with one attached hydrogen (secondary N) is 1. The lowest BCUT2D eigenvalue weighted by Crippen LogP contribution is -1.97. The normalized spacial score (nSPS) is 12.2.